The Morgan fingerprint density at radius 3 is 2.95 bits per heavy atom. The number of aliphatic hydroxyl groups is 1. The van der Waals surface area contributed by atoms with E-state index in [1.807, 2.05) is 19.1 Å². The van der Waals surface area contributed by atoms with Crippen molar-refractivity contribution in [3.8, 4) is 0 Å². The van der Waals surface area contributed by atoms with Crippen LogP contribution in [0.25, 0.3) is 0 Å². The highest BCUT2D eigenvalue weighted by atomic mass is 79.9. The van der Waals surface area contributed by atoms with Crippen LogP contribution in [0.2, 0.25) is 0 Å². The summed E-state index contributed by atoms with van der Waals surface area (Å²) in [5, 5.41) is 12.8. The number of aliphatic hydroxyl groups excluding tert-OH is 1. The Labute approximate surface area is 137 Å². The minimum Gasteiger partial charge on any atom is -0.503 e. The van der Waals surface area contributed by atoms with Gasteiger partial charge < -0.3 is 15.3 Å². The first kappa shape index (κ1) is 15.1. The summed E-state index contributed by atoms with van der Waals surface area (Å²) in [5.41, 5.74) is 2.49. The molecule has 0 spiro atoms. The van der Waals surface area contributed by atoms with E-state index in [1.54, 1.807) is 0 Å². The van der Waals surface area contributed by atoms with Crippen molar-refractivity contribution in [2.24, 2.45) is 0 Å². The number of carbonyl (C=O) groups excluding carboxylic acids is 2. The third-order valence-corrected chi connectivity index (χ3v) is 4.76. The third kappa shape index (κ3) is 2.52. The highest BCUT2D eigenvalue weighted by molar-refractivity contribution is 9.10. The SMILES string of the molecule is CCN1CC(C(=O)NC2CCc3cc(Br)ccc32)=C(O)C1=O. The van der Waals surface area contributed by atoms with Crippen molar-refractivity contribution in [1.29, 1.82) is 0 Å². The number of benzene rings is 1. The monoisotopic (exact) mass is 364 g/mol. The van der Waals surface area contributed by atoms with Gasteiger partial charge in [-0.3, -0.25) is 9.59 Å². The van der Waals surface area contributed by atoms with E-state index in [9.17, 15) is 14.7 Å². The fourth-order valence-corrected chi connectivity index (χ4v) is 3.44. The number of nitrogens with one attached hydrogen (secondary N) is 1. The Morgan fingerprint density at radius 2 is 2.27 bits per heavy atom. The zero-order valence-corrected chi connectivity index (χ0v) is 13.8. The lowest BCUT2D eigenvalue weighted by atomic mass is 10.1. The molecule has 6 heteroatoms. The number of rotatable bonds is 3. The Bertz CT molecular complexity index is 684. The number of amides is 2. The van der Waals surface area contributed by atoms with E-state index in [0.29, 0.717) is 6.54 Å². The van der Waals surface area contributed by atoms with Gasteiger partial charge in [-0.2, -0.15) is 0 Å². The van der Waals surface area contributed by atoms with Crippen LogP contribution in [0.15, 0.2) is 34.0 Å². The molecule has 0 saturated carbocycles. The van der Waals surface area contributed by atoms with Crippen LogP contribution in [-0.2, 0) is 16.0 Å². The maximum absolute atomic E-state index is 12.4. The maximum atomic E-state index is 12.4. The average Bonchev–Trinajstić information content (AvgIpc) is 3.01. The maximum Gasteiger partial charge on any atom is 0.289 e. The summed E-state index contributed by atoms with van der Waals surface area (Å²) in [4.78, 5) is 25.6. The molecule has 1 aliphatic heterocycles. The van der Waals surface area contributed by atoms with E-state index >= 15 is 0 Å². The molecule has 2 N–H and O–H groups in total. The number of fused-ring (bicyclic) bond motifs is 1. The predicted molar refractivity (Wildman–Crippen MR) is 85.3 cm³/mol. The first-order valence-corrected chi connectivity index (χ1v) is 8.11. The molecule has 0 fully saturated rings. The number of hydrogen-bond donors (Lipinski definition) is 2. The summed E-state index contributed by atoms with van der Waals surface area (Å²) in [7, 11) is 0. The number of hydrogen-bond acceptors (Lipinski definition) is 3. The summed E-state index contributed by atoms with van der Waals surface area (Å²) in [6.45, 7) is 2.46. The fourth-order valence-electron chi connectivity index (χ4n) is 3.03. The lowest BCUT2D eigenvalue weighted by Gasteiger charge is -2.16. The van der Waals surface area contributed by atoms with E-state index in [4.69, 9.17) is 0 Å². The number of nitrogens with zero attached hydrogens (tertiary/aromatic N) is 1. The van der Waals surface area contributed by atoms with Gasteiger partial charge in [0.05, 0.1) is 18.2 Å². The molecule has 1 aromatic carbocycles. The van der Waals surface area contributed by atoms with Gasteiger partial charge in [-0.05, 0) is 43.0 Å². The van der Waals surface area contributed by atoms with E-state index < -0.39 is 11.7 Å². The summed E-state index contributed by atoms with van der Waals surface area (Å²) in [6, 6.07) is 5.96. The second-order valence-electron chi connectivity index (χ2n) is 5.55. The summed E-state index contributed by atoms with van der Waals surface area (Å²) in [5.74, 6) is -1.25. The Kier molecular flexibility index (Phi) is 3.95. The molecule has 5 nitrogen and oxygen atoms in total. The quantitative estimate of drug-likeness (QED) is 0.863. The van der Waals surface area contributed by atoms with E-state index in [2.05, 4.69) is 27.3 Å². The van der Waals surface area contributed by atoms with Gasteiger partial charge in [-0.1, -0.05) is 22.0 Å². The van der Waals surface area contributed by atoms with E-state index in [1.165, 1.54) is 10.5 Å². The molecule has 0 bridgehead atoms. The molecule has 1 heterocycles. The number of halogens is 1. The third-order valence-electron chi connectivity index (χ3n) is 4.27. The smallest absolute Gasteiger partial charge is 0.289 e. The Hall–Kier alpha value is -1.82. The number of aryl methyl sites for hydroxylation is 1. The van der Waals surface area contributed by atoms with Crippen molar-refractivity contribution >= 4 is 27.7 Å². The molecule has 116 valence electrons. The normalized spacial score (nSPS) is 20.5. The van der Waals surface area contributed by atoms with E-state index in [0.717, 1.165) is 22.9 Å². The van der Waals surface area contributed by atoms with Crippen LogP contribution in [0.5, 0.6) is 0 Å². The lowest BCUT2D eigenvalue weighted by Crippen LogP contribution is -2.31. The van der Waals surface area contributed by atoms with Crippen LogP contribution in [0.4, 0.5) is 0 Å². The molecule has 1 aromatic rings. The van der Waals surface area contributed by atoms with Crippen LogP contribution < -0.4 is 5.32 Å². The lowest BCUT2D eigenvalue weighted by molar-refractivity contribution is -0.127. The summed E-state index contributed by atoms with van der Waals surface area (Å²) >= 11 is 3.45. The van der Waals surface area contributed by atoms with Crippen LogP contribution in [0.1, 0.15) is 30.5 Å². The first-order valence-electron chi connectivity index (χ1n) is 7.31. The molecule has 0 saturated heterocycles. The molecule has 22 heavy (non-hydrogen) atoms. The molecule has 0 aromatic heterocycles. The molecular weight excluding hydrogens is 348 g/mol. The van der Waals surface area contributed by atoms with Crippen molar-refractivity contribution in [2.45, 2.75) is 25.8 Å². The van der Waals surface area contributed by atoms with Gasteiger partial charge in [0.15, 0.2) is 5.76 Å². The van der Waals surface area contributed by atoms with Gasteiger partial charge in [0, 0.05) is 11.0 Å². The van der Waals surface area contributed by atoms with Crippen molar-refractivity contribution in [2.75, 3.05) is 13.1 Å². The minimum atomic E-state index is -0.469. The molecule has 1 unspecified atom stereocenters. The second kappa shape index (κ2) is 5.76. The van der Waals surface area contributed by atoms with Crippen molar-refractivity contribution in [3.63, 3.8) is 0 Å². The molecule has 0 radical (unpaired) electrons. The zero-order chi connectivity index (χ0) is 15.9. The van der Waals surface area contributed by atoms with Crippen LogP contribution in [-0.4, -0.2) is 34.9 Å². The Morgan fingerprint density at radius 1 is 1.50 bits per heavy atom. The molecule has 3 rings (SSSR count). The number of carbonyl (C=O) groups is 2. The largest absolute Gasteiger partial charge is 0.503 e. The van der Waals surface area contributed by atoms with Crippen LogP contribution in [0, 0.1) is 0 Å². The zero-order valence-electron chi connectivity index (χ0n) is 12.2. The fraction of sp³-hybridized carbons (Fsp3) is 0.375. The highest BCUT2D eigenvalue weighted by Crippen LogP contribution is 2.33. The standard InChI is InChI=1S/C16H17BrN2O3/c1-2-19-8-12(14(20)16(19)22)15(21)18-13-6-3-9-7-10(17)4-5-11(9)13/h4-5,7,13,20H,2-3,6,8H2,1H3,(H,18,21). The minimum absolute atomic E-state index is 0.0679. The molecule has 2 amide bonds. The Balaban J connectivity index is 1.76. The average molecular weight is 365 g/mol. The van der Waals surface area contributed by atoms with Gasteiger partial charge in [0.25, 0.3) is 11.8 Å². The van der Waals surface area contributed by atoms with Crippen molar-refractivity contribution in [1.82, 2.24) is 10.2 Å². The molecule has 1 aliphatic carbocycles. The van der Waals surface area contributed by atoms with Gasteiger partial charge in [0.1, 0.15) is 0 Å². The van der Waals surface area contributed by atoms with Gasteiger partial charge in [-0.15, -0.1) is 0 Å². The summed E-state index contributed by atoms with van der Waals surface area (Å²) in [6.07, 6.45) is 1.74. The van der Waals surface area contributed by atoms with Crippen LogP contribution in [0.3, 0.4) is 0 Å². The van der Waals surface area contributed by atoms with Crippen molar-refractivity contribution in [3.05, 3.63) is 45.1 Å². The van der Waals surface area contributed by atoms with Gasteiger partial charge in [-0.25, -0.2) is 0 Å². The van der Waals surface area contributed by atoms with Crippen LogP contribution >= 0.6 is 15.9 Å². The first-order chi connectivity index (χ1) is 10.5. The molecule has 1 atom stereocenters. The molecule has 2 aliphatic rings. The number of likely N-dealkylation sites (N-methyl/N-ethyl adjacent to an activating group) is 1. The predicted octanol–water partition coefficient (Wildman–Crippen LogP) is 2.23. The summed E-state index contributed by atoms with van der Waals surface area (Å²) < 4.78 is 1.03. The topological polar surface area (TPSA) is 69.6 Å². The molecular formula is C16H17BrN2O3. The second-order valence-corrected chi connectivity index (χ2v) is 6.47. The van der Waals surface area contributed by atoms with Gasteiger partial charge >= 0.3 is 0 Å². The highest BCUT2D eigenvalue weighted by Gasteiger charge is 2.34. The van der Waals surface area contributed by atoms with E-state index in [-0.39, 0.29) is 24.1 Å². The van der Waals surface area contributed by atoms with Crippen molar-refractivity contribution < 1.29 is 14.7 Å². The van der Waals surface area contributed by atoms with Gasteiger partial charge in [0.2, 0.25) is 0 Å².